The monoisotopic (exact) mass is 356 g/mol. The van der Waals surface area contributed by atoms with Gasteiger partial charge in [0.2, 0.25) is 0 Å². The molecule has 1 aliphatic rings. The number of fused-ring (bicyclic) bond motifs is 1. The molecule has 2 aromatic rings. The Kier molecular flexibility index (Phi) is 5.29. The average Bonchev–Trinajstić information content (AvgIpc) is 3.07. The van der Waals surface area contributed by atoms with Crippen LogP contribution in [0.3, 0.4) is 0 Å². The Morgan fingerprint density at radius 2 is 2.12 bits per heavy atom. The molecule has 1 aliphatic carbocycles. The van der Waals surface area contributed by atoms with Crippen molar-refractivity contribution in [3.05, 3.63) is 45.3 Å². The van der Waals surface area contributed by atoms with E-state index in [1.165, 1.54) is 28.9 Å². The summed E-state index contributed by atoms with van der Waals surface area (Å²) in [6, 6.07) is 0. The normalized spacial score (nSPS) is 14.4. The first kappa shape index (κ1) is 18.0. The van der Waals surface area contributed by atoms with Gasteiger partial charge in [0.15, 0.2) is 11.3 Å². The molecule has 1 N–H and O–H groups in total. The van der Waals surface area contributed by atoms with Crippen molar-refractivity contribution in [2.24, 2.45) is 7.05 Å². The van der Waals surface area contributed by atoms with Gasteiger partial charge in [-0.3, -0.25) is 4.79 Å². The first-order valence-corrected chi connectivity index (χ1v) is 8.85. The van der Waals surface area contributed by atoms with Crippen LogP contribution in [0.25, 0.3) is 5.65 Å². The molecule has 0 spiro atoms. The third-order valence-corrected chi connectivity index (χ3v) is 4.77. The van der Waals surface area contributed by atoms with E-state index < -0.39 is 0 Å². The van der Waals surface area contributed by atoms with Crippen LogP contribution in [-0.4, -0.2) is 36.8 Å². The van der Waals surface area contributed by atoms with E-state index in [2.05, 4.69) is 40.5 Å². The van der Waals surface area contributed by atoms with E-state index in [1.54, 1.807) is 5.57 Å². The largest absolute Gasteiger partial charge is 0.352 e. The van der Waals surface area contributed by atoms with Crippen LogP contribution in [0.1, 0.15) is 56.4 Å². The second-order valence-corrected chi connectivity index (χ2v) is 6.81. The molecule has 8 nitrogen and oxygen atoms in total. The van der Waals surface area contributed by atoms with Crippen molar-refractivity contribution in [3.8, 4) is 0 Å². The van der Waals surface area contributed by atoms with Crippen molar-refractivity contribution < 1.29 is 4.79 Å². The summed E-state index contributed by atoms with van der Waals surface area (Å²) >= 11 is 0. The number of aromatic nitrogens is 5. The highest BCUT2D eigenvalue weighted by Crippen LogP contribution is 2.27. The van der Waals surface area contributed by atoms with Gasteiger partial charge in [0.05, 0.1) is 0 Å². The Hall–Kier alpha value is -2.77. The van der Waals surface area contributed by atoms with Crippen LogP contribution in [0, 0.1) is 0 Å². The third kappa shape index (κ3) is 3.74. The minimum atomic E-state index is -0.387. The van der Waals surface area contributed by atoms with E-state index in [0.717, 1.165) is 36.8 Å². The van der Waals surface area contributed by atoms with Crippen molar-refractivity contribution in [1.29, 1.82) is 0 Å². The molecule has 0 atom stereocenters. The van der Waals surface area contributed by atoms with E-state index >= 15 is 0 Å². The summed E-state index contributed by atoms with van der Waals surface area (Å²) in [5, 5.41) is 10.4. The number of aryl methyl sites for hydroxylation is 1. The Morgan fingerprint density at radius 3 is 2.81 bits per heavy atom. The highest BCUT2D eigenvalue weighted by Gasteiger charge is 2.17. The lowest BCUT2D eigenvalue weighted by Crippen LogP contribution is -2.29. The number of nitrogens with zero attached hydrogens (tertiary/aromatic N) is 5. The zero-order valence-corrected chi connectivity index (χ0v) is 15.4. The van der Waals surface area contributed by atoms with Crippen molar-refractivity contribution in [2.45, 2.75) is 46.0 Å². The summed E-state index contributed by atoms with van der Waals surface area (Å²) in [4.78, 5) is 28.2. The summed E-state index contributed by atoms with van der Waals surface area (Å²) < 4.78 is 2.31. The van der Waals surface area contributed by atoms with Crippen LogP contribution in [0.5, 0.6) is 0 Å². The number of carbonyl (C=O) groups excluding carboxylic acids is 1. The van der Waals surface area contributed by atoms with Crippen molar-refractivity contribution >= 4 is 11.6 Å². The fourth-order valence-electron chi connectivity index (χ4n) is 3.11. The van der Waals surface area contributed by atoms with Gasteiger partial charge in [0, 0.05) is 13.6 Å². The molecule has 0 fully saturated rings. The highest BCUT2D eigenvalue weighted by molar-refractivity contribution is 5.97. The standard InChI is InChI=1S/C18H24N6O2/c1-12(2)14-8-6-13(7-9-14)5-4-10-19-17(25)15-16-21-22-23(3)18(26)24(16)11-20-15/h6,11H,4-5,7-10H2,1-3H3,(H,19,25). The lowest BCUT2D eigenvalue weighted by atomic mass is 9.90. The van der Waals surface area contributed by atoms with Crippen molar-refractivity contribution in [1.82, 2.24) is 29.7 Å². The molecule has 0 saturated carbocycles. The molecule has 0 bridgehead atoms. The molecule has 0 aromatic carbocycles. The number of rotatable bonds is 5. The van der Waals surface area contributed by atoms with Crippen molar-refractivity contribution in [3.63, 3.8) is 0 Å². The molecule has 3 rings (SSSR count). The number of amides is 1. The fraction of sp³-hybridized carbons (Fsp3) is 0.500. The zero-order chi connectivity index (χ0) is 18.7. The number of imidazole rings is 1. The summed E-state index contributed by atoms with van der Waals surface area (Å²) in [7, 11) is 1.50. The number of hydrogen-bond donors (Lipinski definition) is 1. The number of carbonyl (C=O) groups is 1. The summed E-state index contributed by atoms with van der Waals surface area (Å²) in [5.41, 5.74) is 4.35. The van der Waals surface area contributed by atoms with E-state index in [4.69, 9.17) is 0 Å². The first-order chi connectivity index (χ1) is 12.5. The van der Waals surface area contributed by atoms with Gasteiger partial charge >= 0.3 is 5.69 Å². The zero-order valence-electron chi connectivity index (χ0n) is 15.4. The van der Waals surface area contributed by atoms with Crippen molar-refractivity contribution in [2.75, 3.05) is 6.54 Å². The Balaban J connectivity index is 1.53. The van der Waals surface area contributed by atoms with Gasteiger partial charge in [-0.1, -0.05) is 28.0 Å². The lowest BCUT2D eigenvalue weighted by Gasteiger charge is -2.17. The Bertz CT molecular complexity index is 946. The molecule has 2 heterocycles. The topological polar surface area (TPSA) is 94.2 Å². The third-order valence-electron chi connectivity index (χ3n) is 4.77. The van der Waals surface area contributed by atoms with Gasteiger partial charge in [0.25, 0.3) is 5.91 Å². The molecule has 0 unspecified atom stereocenters. The average molecular weight is 356 g/mol. The number of nitrogens with one attached hydrogen (secondary N) is 1. The van der Waals surface area contributed by atoms with Crippen LogP contribution in [-0.2, 0) is 7.05 Å². The first-order valence-electron chi connectivity index (χ1n) is 8.85. The maximum atomic E-state index is 12.3. The van der Waals surface area contributed by atoms with E-state index in [-0.39, 0.29) is 22.9 Å². The quantitative estimate of drug-likeness (QED) is 0.651. The SMILES string of the molecule is CC(C)=C1CC=C(CCCNC(=O)c2ncn3c(=O)n(C)nnc23)CC1. The summed E-state index contributed by atoms with van der Waals surface area (Å²) in [6.07, 6.45) is 8.80. The highest BCUT2D eigenvalue weighted by atomic mass is 16.2. The molecule has 1 amide bonds. The van der Waals surface area contributed by atoms with Crippen LogP contribution < -0.4 is 11.0 Å². The predicted octanol–water partition coefficient (Wildman–Crippen LogP) is 1.78. The minimum absolute atomic E-state index is 0.125. The summed E-state index contributed by atoms with van der Waals surface area (Å²) in [6.45, 7) is 4.90. The smallest absolute Gasteiger partial charge is 0.351 e. The van der Waals surface area contributed by atoms with Crippen LogP contribution in [0.4, 0.5) is 0 Å². The molecule has 138 valence electrons. The molecule has 2 aromatic heterocycles. The van der Waals surface area contributed by atoms with Gasteiger partial charge in [-0.2, -0.15) is 4.68 Å². The Morgan fingerprint density at radius 1 is 1.31 bits per heavy atom. The van der Waals surface area contributed by atoms with Gasteiger partial charge in [-0.15, -0.1) is 5.10 Å². The molecule has 26 heavy (non-hydrogen) atoms. The molecule has 0 radical (unpaired) electrons. The summed E-state index contributed by atoms with van der Waals surface area (Å²) in [5.74, 6) is -0.334. The van der Waals surface area contributed by atoms with E-state index in [1.807, 2.05) is 0 Å². The molecule has 8 heteroatoms. The van der Waals surface area contributed by atoms with E-state index in [0.29, 0.717) is 6.54 Å². The number of hydrogen-bond acceptors (Lipinski definition) is 5. The minimum Gasteiger partial charge on any atom is -0.351 e. The predicted molar refractivity (Wildman–Crippen MR) is 97.9 cm³/mol. The second-order valence-electron chi connectivity index (χ2n) is 6.81. The molecule has 0 saturated heterocycles. The van der Waals surface area contributed by atoms with Gasteiger partial charge < -0.3 is 5.32 Å². The van der Waals surface area contributed by atoms with Crippen LogP contribution >= 0.6 is 0 Å². The van der Waals surface area contributed by atoms with Gasteiger partial charge in [0.1, 0.15) is 6.33 Å². The van der Waals surface area contributed by atoms with Gasteiger partial charge in [-0.05, 0) is 46.0 Å². The van der Waals surface area contributed by atoms with Crippen LogP contribution in [0.15, 0.2) is 33.9 Å². The molecular formula is C18H24N6O2. The number of allylic oxidation sites excluding steroid dienone is 4. The van der Waals surface area contributed by atoms with E-state index in [9.17, 15) is 9.59 Å². The maximum absolute atomic E-state index is 12.3. The van der Waals surface area contributed by atoms with Crippen LogP contribution in [0.2, 0.25) is 0 Å². The second kappa shape index (κ2) is 7.63. The maximum Gasteiger partial charge on any atom is 0.352 e. The molecular weight excluding hydrogens is 332 g/mol. The Labute approximate surface area is 151 Å². The molecule has 0 aliphatic heterocycles. The fourth-order valence-corrected chi connectivity index (χ4v) is 3.11. The lowest BCUT2D eigenvalue weighted by molar-refractivity contribution is 0.0950. The van der Waals surface area contributed by atoms with Gasteiger partial charge in [-0.25, -0.2) is 14.2 Å².